The number of primary amides is 1. The summed E-state index contributed by atoms with van der Waals surface area (Å²) in [4.78, 5) is 30.4. The summed E-state index contributed by atoms with van der Waals surface area (Å²) >= 11 is 12.6. The number of nitrogens with one attached hydrogen (secondary N) is 1. The number of aromatic nitrogens is 2. The molecule has 0 bridgehead atoms. The van der Waals surface area contributed by atoms with Gasteiger partial charge in [-0.25, -0.2) is 9.78 Å². The van der Waals surface area contributed by atoms with E-state index in [-0.39, 0.29) is 26.4 Å². The highest BCUT2D eigenvalue weighted by atomic mass is 35.5. The summed E-state index contributed by atoms with van der Waals surface area (Å²) in [6.07, 6.45) is -1.21. The first-order valence-electron chi connectivity index (χ1n) is 7.28. The van der Waals surface area contributed by atoms with E-state index in [1.165, 1.54) is 6.92 Å². The Balaban J connectivity index is 2.08. The molecule has 3 rings (SSSR count). The minimum absolute atomic E-state index is 0.101. The lowest BCUT2D eigenvalue weighted by atomic mass is 10.1. The normalized spacial score (nSPS) is 11.7. The van der Waals surface area contributed by atoms with Crippen molar-refractivity contribution in [3.05, 3.63) is 55.5 Å². The minimum Gasteiger partial charge on any atom is -0.334 e. The number of aromatic amines is 1. The van der Waals surface area contributed by atoms with E-state index >= 15 is 0 Å². The molecule has 0 fully saturated rings. The van der Waals surface area contributed by atoms with Gasteiger partial charge in [0.25, 0.3) is 5.56 Å². The fraction of sp³-hybridized carbons (Fsp3) is 0.133. The molecule has 2 heterocycles. The zero-order chi connectivity index (χ0) is 19.9. The monoisotopic (exact) mass is 447 g/mol. The largest absolute Gasteiger partial charge is 0.420 e. The molecule has 2 aromatic heterocycles. The quantitative estimate of drug-likeness (QED) is 0.590. The molecule has 0 spiro atoms. The average Bonchev–Trinajstić information content (AvgIpc) is 2.88. The van der Waals surface area contributed by atoms with Crippen LogP contribution in [0.2, 0.25) is 10.0 Å². The molecule has 0 aliphatic heterocycles. The number of hydrogen-bond acceptors (Lipinski definition) is 7. The lowest BCUT2D eigenvalue weighted by molar-refractivity contribution is 0.213. The summed E-state index contributed by atoms with van der Waals surface area (Å²) in [6.45, 7) is 1.42. The second kappa shape index (κ2) is 7.12. The van der Waals surface area contributed by atoms with Crippen LogP contribution in [0.4, 0.5) is 4.79 Å². The van der Waals surface area contributed by atoms with Gasteiger partial charge in [-0.05, 0) is 30.2 Å². The number of amides is 1. The Morgan fingerprint density at radius 2 is 2.04 bits per heavy atom. The maximum absolute atomic E-state index is 12.4. The van der Waals surface area contributed by atoms with Crippen LogP contribution in [0.25, 0.3) is 10.2 Å². The molecule has 0 aliphatic rings. The maximum atomic E-state index is 12.4. The molecular weight excluding hydrogens is 437 g/mol. The van der Waals surface area contributed by atoms with Gasteiger partial charge in [-0.1, -0.05) is 40.6 Å². The molecule has 1 amide bonds. The van der Waals surface area contributed by atoms with Crippen LogP contribution in [0, 0.1) is 6.92 Å². The lowest BCUT2D eigenvalue weighted by Crippen LogP contribution is -2.18. The third-order valence-corrected chi connectivity index (χ3v) is 7.31. The Hall–Kier alpha value is -2.14. The number of nitrogens with zero attached hydrogens (tertiary/aromatic N) is 1. The van der Waals surface area contributed by atoms with Gasteiger partial charge in [0.05, 0.1) is 15.4 Å². The van der Waals surface area contributed by atoms with Crippen LogP contribution in [0.5, 0.6) is 0 Å². The molecule has 0 radical (unpaired) electrons. The topological polar surface area (TPSA) is 132 Å². The molecule has 8 nitrogen and oxygen atoms in total. The predicted octanol–water partition coefficient (Wildman–Crippen LogP) is 2.97. The fourth-order valence-corrected chi connectivity index (χ4v) is 5.25. The zero-order valence-corrected chi connectivity index (χ0v) is 16.7. The first kappa shape index (κ1) is 19.6. The Morgan fingerprint density at radius 1 is 1.33 bits per heavy atom. The van der Waals surface area contributed by atoms with E-state index in [1.807, 2.05) is 0 Å². The first-order valence-corrected chi connectivity index (χ1v) is 10.3. The number of thiophene rings is 1. The summed E-state index contributed by atoms with van der Waals surface area (Å²) in [7, 11) is -4.43. The Kier molecular flexibility index (Phi) is 5.17. The smallest absolute Gasteiger partial charge is 0.334 e. The highest BCUT2D eigenvalue weighted by Crippen LogP contribution is 2.32. The van der Waals surface area contributed by atoms with Crippen molar-refractivity contribution in [2.75, 3.05) is 0 Å². The highest BCUT2D eigenvalue weighted by molar-refractivity contribution is 7.89. The van der Waals surface area contributed by atoms with Crippen molar-refractivity contribution in [3.8, 4) is 0 Å². The van der Waals surface area contributed by atoms with Crippen LogP contribution in [0.15, 0.2) is 27.2 Å². The van der Waals surface area contributed by atoms with Gasteiger partial charge in [0.1, 0.15) is 10.7 Å². The van der Waals surface area contributed by atoms with Gasteiger partial charge < -0.3 is 14.9 Å². The van der Waals surface area contributed by atoms with Gasteiger partial charge in [0.15, 0.2) is 4.21 Å². The van der Waals surface area contributed by atoms with Crippen molar-refractivity contribution < 1.29 is 17.4 Å². The number of aryl methyl sites for hydroxylation is 1. The molecule has 0 aliphatic carbocycles. The fourth-order valence-electron chi connectivity index (χ4n) is 2.48. The van der Waals surface area contributed by atoms with Gasteiger partial charge in [0.2, 0.25) is 0 Å². The van der Waals surface area contributed by atoms with Crippen molar-refractivity contribution in [1.29, 1.82) is 0 Å². The summed E-state index contributed by atoms with van der Waals surface area (Å²) in [5.41, 5.74) is 5.16. The van der Waals surface area contributed by atoms with Gasteiger partial charge in [-0.15, -0.1) is 0 Å². The molecule has 0 saturated heterocycles. The van der Waals surface area contributed by atoms with Crippen LogP contribution < -0.4 is 11.3 Å². The van der Waals surface area contributed by atoms with Crippen LogP contribution in [0.1, 0.15) is 17.0 Å². The van der Waals surface area contributed by atoms with E-state index in [9.17, 15) is 18.0 Å². The van der Waals surface area contributed by atoms with E-state index < -0.39 is 21.8 Å². The third kappa shape index (κ3) is 3.93. The number of benzene rings is 1. The number of H-pyrrole nitrogens is 1. The number of carbonyl (C=O) groups excluding carboxylic acids is 1. The first-order chi connectivity index (χ1) is 12.6. The molecule has 0 atom stereocenters. The van der Waals surface area contributed by atoms with Crippen molar-refractivity contribution in [3.63, 3.8) is 0 Å². The standard InChI is InChI=1S/C15H11Cl2N3O5S2/c1-6-11-12(21)19-10(5-7-2-3-8(16)9(17)4-7)20-13(11)26-14(6)27(23,24)25-15(18)22/h2-4H,5H2,1H3,(H2,18,22)(H,19,20,21). The lowest BCUT2D eigenvalue weighted by Gasteiger charge is -2.03. The van der Waals surface area contributed by atoms with Crippen LogP contribution in [-0.4, -0.2) is 24.5 Å². The number of nitrogens with two attached hydrogens (primary N) is 1. The number of rotatable bonds is 4. The van der Waals surface area contributed by atoms with Crippen molar-refractivity contribution >= 4 is 61.0 Å². The summed E-state index contributed by atoms with van der Waals surface area (Å²) in [5, 5.41) is 0.863. The molecule has 1 aromatic carbocycles. The average molecular weight is 448 g/mol. The van der Waals surface area contributed by atoms with E-state index in [1.54, 1.807) is 18.2 Å². The molecule has 27 heavy (non-hydrogen) atoms. The number of fused-ring (bicyclic) bond motifs is 1. The SMILES string of the molecule is Cc1c(S(=O)(=O)OC(N)=O)sc2nc(Cc3ccc(Cl)c(Cl)c3)[nH]c(=O)c12. The Bertz CT molecular complexity index is 1230. The number of carbonyl (C=O) groups is 1. The summed E-state index contributed by atoms with van der Waals surface area (Å²) < 4.78 is 28.1. The van der Waals surface area contributed by atoms with Gasteiger partial charge in [0, 0.05) is 6.42 Å². The second-order valence-corrected chi connectivity index (χ2v) is 9.04. The van der Waals surface area contributed by atoms with Crippen LogP contribution in [0.3, 0.4) is 0 Å². The zero-order valence-electron chi connectivity index (χ0n) is 13.6. The molecule has 12 heteroatoms. The molecule has 0 saturated carbocycles. The Morgan fingerprint density at radius 3 is 2.67 bits per heavy atom. The van der Waals surface area contributed by atoms with Crippen molar-refractivity contribution in [1.82, 2.24) is 9.97 Å². The minimum atomic E-state index is -4.43. The molecule has 3 N–H and O–H groups in total. The Labute approximate surface area is 167 Å². The summed E-state index contributed by atoms with van der Waals surface area (Å²) in [5.74, 6) is 0.312. The number of halogens is 2. The third-order valence-electron chi connectivity index (χ3n) is 3.58. The van der Waals surface area contributed by atoms with Gasteiger partial charge in [-0.3, -0.25) is 4.79 Å². The van der Waals surface area contributed by atoms with Crippen molar-refractivity contribution in [2.45, 2.75) is 17.6 Å². The van der Waals surface area contributed by atoms with Crippen molar-refractivity contribution in [2.24, 2.45) is 5.73 Å². The van der Waals surface area contributed by atoms with Crippen LogP contribution in [-0.2, 0) is 20.7 Å². The molecular formula is C15H11Cl2N3O5S2. The van der Waals surface area contributed by atoms with Crippen LogP contribution >= 0.6 is 34.5 Å². The van der Waals surface area contributed by atoms with E-state index in [0.717, 1.165) is 16.9 Å². The van der Waals surface area contributed by atoms with E-state index in [0.29, 0.717) is 15.9 Å². The summed E-state index contributed by atoms with van der Waals surface area (Å²) in [6, 6.07) is 5.00. The van der Waals surface area contributed by atoms with E-state index in [2.05, 4.69) is 14.2 Å². The van der Waals surface area contributed by atoms with E-state index in [4.69, 9.17) is 28.9 Å². The molecule has 0 unspecified atom stereocenters. The van der Waals surface area contributed by atoms with Gasteiger partial charge >= 0.3 is 16.2 Å². The molecule has 142 valence electrons. The highest BCUT2D eigenvalue weighted by Gasteiger charge is 2.27. The maximum Gasteiger partial charge on any atom is 0.420 e. The second-order valence-electron chi connectivity index (χ2n) is 5.49. The van der Waals surface area contributed by atoms with Gasteiger partial charge in [-0.2, -0.15) is 8.42 Å². The predicted molar refractivity (Wildman–Crippen MR) is 102 cm³/mol. The number of hydrogen-bond donors (Lipinski definition) is 2. The molecule has 3 aromatic rings.